The molecule has 1 heterocycles. The van der Waals surface area contributed by atoms with Gasteiger partial charge in [0, 0.05) is 11.3 Å². The van der Waals surface area contributed by atoms with Crippen molar-refractivity contribution >= 4 is 46.2 Å². The number of carbonyl (C=O) groups is 1. The first-order chi connectivity index (χ1) is 16.8. The summed E-state index contributed by atoms with van der Waals surface area (Å²) in [5.74, 6) is 0.166. The number of rotatable bonds is 5. The highest BCUT2D eigenvalue weighted by atomic mass is 35.5. The zero-order valence-electron chi connectivity index (χ0n) is 19.0. The molecule has 0 radical (unpaired) electrons. The van der Waals surface area contributed by atoms with Gasteiger partial charge in [0.1, 0.15) is 23.7 Å². The van der Waals surface area contributed by atoms with Gasteiger partial charge in [-0.3, -0.25) is 4.79 Å². The van der Waals surface area contributed by atoms with Crippen molar-refractivity contribution in [3.05, 3.63) is 87.1 Å². The minimum atomic E-state index is -0.304. The first-order valence-electron chi connectivity index (χ1n) is 10.6. The molecule has 4 rings (SSSR count). The average Bonchev–Trinajstić information content (AvgIpc) is 3.09. The van der Waals surface area contributed by atoms with Crippen molar-refractivity contribution in [1.82, 2.24) is 4.98 Å². The Hall–Kier alpha value is -4.59. The van der Waals surface area contributed by atoms with Crippen molar-refractivity contribution < 1.29 is 9.53 Å². The summed E-state index contributed by atoms with van der Waals surface area (Å²) in [6.45, 7) is 3.43. The van der Waals surface area contributed by atoms with Gasteiger partial charge < -0.3 is 15.8 Å². The van der Waals surface area contributed by atoms with Crippen LogP contribution in [0.1, 0.15) is 34.9 Å². The minimum absolute atomic E-state index is 0.103. The third-order valence-corrected chi connectivity index (χ3v) is 5.96. The molecule has 0 spiro atoms. The van der Waals surface area contributed by atoms with Crippen LogP contribution in [0, 0.1) is 29.6 Å². The number of nitrogens with two attached hydrogens (primary N) is 1. The molecule has 1 aliphatic carbocycles. The van der Waals surface area contributed by atoms with Crippen LogP contribution in [0.5, 0.6) is 5.75 Å². The third kappa shape index (κ3) is 4.59. The van der Waals surface area contributed by atoms with Gasteiger partial charge in [0.25, 0.3) is 5.91 Å². The van der Waals surface area contributed by atoms with Crippen molar-refractivity contribution in [2.45, 2.75) is 13.8 Å². The van der Waals surface area contributed by atoms with Crippen LogP contribution in [0.15, 0.2) is 54.1 Å². The van der Waals surface area contributed by atoms with Crippen molar-refractivity contribution in [3.63, 3.8) is 0 Å². The summed E-state index contributed by atoms with van der Waals surface area (Å²) in [5, 5.41) is 22.3. The van der Waals surface area contributed by atoms with E-state index >= 15 is 0 Å². The van der Waals surface area contributed by atoms with Gasteiger partial charge in [-0.2, -0.15) is 10.5 Å². The maximum absolute atomic E-state index is 12.2. The van der Waals surface area contributed by atoms with Gasteiger partial charge in [-0.15, -0.1) is 0 Å². The second kappa shape index (κ2) is 9.72. The molecule has 3 aromatic rings. The van der Waals surface area contributed by atoms with Gasteiger partial charge in [0.2, 0.25) is 0 Å². The number of nitrogens with one attached hydrogen (secondary N) is 1. The lowest BCUT2D eigenvalue weighted by molar-refractivity contribution is -0.118. The number of anilines is 2. The highest BCUT2D eigenvalue weighted by molar-refractivity contribution is 6.32. The van der Waals surface area contributed by atoms with Crippen LogP contribution in [0.25, 0.3) is 17.2 Å². The lowest BCUT2D eigenvalue weighted by atomic mass is 9.95. The molecule has 1 aliphatic rings. The zero-order chi connectivity index (χ0) is 25.1. The number of aromatic nitrogens is 1. The number of nitrogens with zero attached hydrogens (tertiary/aromatic N) is 3. The Balaban J connectivity index is 1.60. The van der Waals surface area contributed by atoms with Gasteiger partial charge in [-0.1, -0.05) is 35.9 Å². The number of benzene rings is 2. The number of nitriles is 2. The van der Waals surface area contributed by atoms with Crippen molar-refractivity contribution in [1.29, 1.82) is 10.5 Å². The summed E-state index contributed by atoms with van der Waals surface area (Å²) in [5.41, 5.74) is 11.4. The fraction of sp³-hybridized carbons (Fsp3) is 0.111. The molecule has 0 saturated carbocycles. The van der Waals surface area contributed by atoms with Crippen LogP contribution >= 0.6 is 11.6 Å². The van der Waals surface area contributed by atoms with Crippen LogP contribution in [-0.4, -0.2) is 17.5 Å². The molecule has 35 heavy (non-hydrogen) atoms. The van der Waals surface area contributed by atoms with Crippen LogP contribution in [0.4, 0.5) is 11.5 Å². The Morgan fingerprint density at radius 3 is 2.57 bits per heavy atom. The summed E-state index contributed by atoms with van der Waals surface area (Å²) >= 11 is 6.43. The molecule has 0 fully saturated rings. The van der Waals surface area contributed by atoms with Crippen LogP contribution < -0.4 is 15.8 Å². The Morgan fingerprint density at radius 2 is 1.91 bits per heavy atom. The Bertz CT molecular complexity index is 1490. The minimum Gasteiger partial charge on any atom is -0.482 e. The number of amides is 1. The van der Waals surface area contributed by atoms with Gasteiger partial charge >= 0.3 is 0 Å². The molecule has 172 valence electrons. The van der Waals surface area contributed by atoms with E-state index in [1.165, 1.54) is 0 Å². The molecule has 8 heteroatoms. The number of ether oxygens (including phenoxy) is 1. The summed E-state index contributed by atoms with van der Waals surface area (Å²) in [7, 11) is 0. The lowest BCUT2D eigenvalue weighted by Crippen LogP contribution is -2.20. The standard InChI is InChI=1S/C27H20ClN5O2/c1-15-19(25-16(2)21(13-30)27(31)33-26(25)20(15)12-29)10-17-8-9-23(22(28)11-17)35-14-24(34)32-18-6-4-3-5-7-18/h3-11H,14H2,1-2H3,(H2,31,33)(H,32,34)/b19-10-. The van der Waals surface area contributed by atoms with Crippen LogP contribution in [-0.2, 0) is 4.79 Å². The van der Waals surface area contributed by atoms with Crippen molar-refractivity contribution in [2.75, 3.05) is 17.7 Å². The number of hydrogen-bond donors (Lipinski definition) is 2. The molecule has 0 bridgehead atoms. The van der Waals surface area contributed by atoms with Gasteiger partial charge in [-0.05, 0) is 66.5 Å². The largest absolute Gasteiger partial charge is 0.482 e. The first kappa shape index (κ1) is 23.6. The molecule has 2 aromatic carbocycles. The third-order valence-electron chi connectivity index (χ3n) is 5.67. The molecule has 0 unspecified atom stereocenters. The van der Waals surface area contributed by atoms with Crippen molar-refractivity contribution in [2.24, 2.45) is 0 Å². The molecular formula is C27H20ClN5O2. The van der Waals surface area contributed by atoms with E-state index in [1.807, 2.05) is 31.2 Å². The molecule has 1 aromatic heterocycles. The number of halogens is 1. The first-order valence-corrected chi connectivity index (χ1v) is 11.0. The van der Waals surface area contributed by atoms with Gasteiger partial charge in [0.15, 0.2) is 6.61 Å². The number of para-hydroxylation sites is 1. The fourth-order valence-electron chi connectivity index (χ4n) is 3.95. The van der Waals surface area contributed by atoms with E-state index in [1.54, 1.807) is 37.3 Å². The van der Waals surface area contributed by atoms with E-state index in [2.05, 4.69) is 22.4 Å². The molecule has 0 aliphatic heterocycles. The SMILES string of the molecule is CC1=C(C#N)c2nc(N)c(C#N)c(C)c2/C1=C\c1ccc(OCC(=O)Nc2ccccc2)c(Cl)c1. The second-order valence-electron chi connectivity index (χ2n) is 7.90. The summed E-state index contributed by atoms with van der Waals surface area (Å²) in [6.07, 6.45) is 1.88. The molecule has 0 atom stereocenters. The maximum atomic E-state index is 12.2. The Morgan fingerprint density at radius 1 is 1.17 bits per heavy atom. The normalized spacial score (nSPS) is 13.2. The topological polar surface area (TPSA) is 125 Å². The number of carbonyl (C=O) groups excluding carboxylic acids is 1. The average molecular weight is 482 g/mol. The molecule has 1 amide bonds. The lowest BCUT2D eigenvalue weighted by Gasteiger charge is -2.12. The van der Waals surface area contributed by atoms with E-state index in [-0.39, 0.29) is 23.9 Å². The molecule has 3 N–H and O–H groups in total. The second-order valence-corrected chi connectivity index (χ2v) is 8.30. The highest BCUT2D eigenvalue weighted by Crippen LogP contribution is 2.44. The molecule has 7 nitrogen and oxygen atoms in total. The zero-order valence-corrected chi connectivity index (χ0v) is 19.8. The quantitative estimate of drug-likeness (QED) is 0.505. The van der Waals surface area contributed by atoms with E-state index in [0.29, 0.717) is 38.9 Å². The number of fused-ring (bicyclic) bond motifs is 1. The number of hydrogen-bond acceptors (Lipinski definition) is 6. The van der Waals surface area contributed by atoms with Crippen LogP contribution in [0.3, 0.4) is 0 Å². The summed E-state index contributed by atoms with van der Waals surface area (Å²) in [4.78, 5) is 16.5. The summed E-state index contributed by atoms with van der Waals surface area (Å²) < 4.78 is 5.59. The Kier molecular flexibility index (Phi) is 6.55. The monoisotopic (exact) mass is 481 g/mol. The predicted octanol–water partition coefficient (Wildman–Crippen LogP) is 5.37. The fourth-order valence-corrected chi connectivity index (χ4v) is 4.19. The van der Waals surface area contributed by atoms with Gasteiger partial charge in [0.05, 0.1) is 21.9 Å². The van der Waals surface area contributed by atoms with Crippen molar-refractivity contribution in [3.8, 4) is 17.9 Å². The van der Waals surface area contributed by atoms with E-state index in [4.69, 9.17) is 22.1 Å². The molecule has 0 saturated heterocycles. The molecular weight excluding hydrogens is 462 g/mol. The van der Waals surface area contributed by atoms with E-state index in [0.717, 1.165) is 16.7 Å². The van der Waals surface area contributed by atoms with E-state index < -0.39 is 0 Å². The number of nitrogen functional groups attached to an aromatic ring is 1. The van der Waals surface area contributed by atoms with Crippen LogP contribution in [0.2, 0.25) is 5.02 Å². The Labute approximate surface area is 207 Å². The number of allylic oxidation sites excluding steroid dienone is 3. The smallest absolute Gasteiger partial charge is 0.262 e. The highest BCUT2D eigenvalue weighted by Gasteiger charge is 2.29. The maximum Gasteiger partial charge on any atom is 0.262 e. The van der Waals surface area contributed by atoms with E-state index in [9.17, 15) is 15.3 Å². The summed E-state index contributed by atoms with van der Waals surface area (Å²) in [6, 6.07) is 18.6. The van der Waals surface area contributed by atoms with Gasteiger partial charge in [-0.25, -0.2) is 4.98 Å². The predicted molar refractivity (Wildman–Crippen MR) is 136 cm³/mol. The number of pyridine rings is 1.